The summed E-state index contributed by atoms with van der Waals surface area (Å²) in [7, 11) is 0. The van der Waals surface area contributed by atoms with Crippen LogP contribution in [0.3, 0.4) is 0 Å². The first-order chi connectivity index (χ1) is 1.41. The van der Waals surface area contributed by atoms with E-state index < -0.39 is 0 Å². The van der Waals surface area contributed by atoms with Gasteiger partial charge < -0.3 is 37.2 Å². The molecule has 0 rings (SSSR count). The molecule has 0 fully saturated rings. The van der Waals surface area contributed by atoms with Gasteiger partial charge in [0, 0.05) is 0 Å². The topological polar surface area (TPSA) is 0 Å². The summed E-state index contributed by atoms with van der Waals surface area (Å²) in [6.45, 7) is 0. The SMILES string of the molecule is [CH3][Sb+3][CH3].[Cl-].[Cl-].[Cl-]. The standard InChI is InChI=1S/2CH3.3ClH.Sb/h2*1H3;3*1H;/q;;;;;+3/p-3. The summed E-state index contributed by atoms with van der Waals surface area (Å²) in [5.41, 5.74) is 0. The Kier molecular flexibility index (Phi) is 126. The van der Waals surface area contributed by atoms with Gasteiger partial charge in [0.05, 0.1) is 0 Å². The summed E-state index contributed by atoms with van der Waals surface area (Å²) in [4.78, 5) is 4.55. The van der Waals surface area contributed by atoms with Crippen molar-refractivity contribution < 1.29 is 37.2 Å². The van der Waals surface area contributed by atoms with Crippen molar-refractivity contribution in [2.24, 2.45) is 0 Å². The van der Waals surface area contributed by atoms with E-state index >= 15 is 0 Å². The molecule has 0 N–H and O–H groups in total. The number of hydrogen-bond donors (Lipinski definition) is 0. The number of hydrogen-bond acceptors (Lipinski definition) is 0. The second-order valence-corrected chi connectivity index (χ2v) is 3.00. The van der Waals surface area contributed by atoms with Gasteiger partial charge in [-0.25, -0.2) is 0 Å². The van der Waals surface area contributed by atoms with Crippen LogP contribution in [-0.2, 0) is 0 Å². The van der Waals surface area contributed by atoms with Crippen LogP contribution >= 0.6 is 0 Å². The molecule has 4 heteroatoms. The molecule has 0 nitrogen and oxygen atoms in total. The average Bonchev–Trinajstić information content (AvgIpc) is 0.918. The van der Waals surface area contributed by atoms with Crippen LogP contribution in [0.25, 0.3) is 0 Å². The number of halogens is 3. The minimum absolute atomic E-state index is 0. The van der Waals surface area contributed by atoms with Gasteiger partial charge in [-0.3, -0.25) is 0 Å². The molecule has 0 saturated carbocycles. The molecule has 0 aromatic heterocycles. The normalized spacial score (nSPS) is 1.67. The molecule has 0 aliphatic heterocycles. The second-order valence-electron chi connectivity index (χ2n) is 0.447. The van der Waals surface area contributed by atoms with Crippen LogP contribution < -0.4 is 37.2 Å². The summed E-state index contributed by atoms with van der Waals surface area (Å²) < 4.78 is 0. The molecule has 0 saturated heterocycles. The Morgan fingerprint density at radius 2 is 0.833 bits per heavy atom. The van der Waals surface area contributed by atoms with E-state index in [9.17, 15) is 0 Å². The van der Waals surface area contributed by atoms with Crippen molar-refractivity contribution in [2.75, 3.05) is 0 Å². The Bertz CT molecular complexity index is 8.75. The fourth-order valence-corrected chi connectivity index (χ4v) is 0. The Labute approximate surface area is 68.2 Å². The maximum absolute atomic E-state index is 2.28. The van der Waals surface area contributed by atoms with Crippen molar-refractivity contribution >= 4 is 21.6 Å². The largest absolute Gasteiger partial charge is 1.00 e. The van der Waals surface area contributed by atoms with Crippen molar-refractivity contribution in [2.45, 2.75) is 9.74 Å². The predicted octanol–water partition coefficient (Wildman–Crippen LogP) is -8.20. The maximum atomic E-state index is 2.28. The van der Waals surface area contributed by atoms with E-state index in [0.29, 0.717) is 21.6 Å². The molecule has 0 aliphatic carbocycles. The van der Waals surface area contributed by atoms with E-state index in [2.05, 4.69) is 9.74 Å². The van der Waals surface area contributed by atoms with Crippen molar-refractivity contribution in [1.29, 1.82) is 0 Å². The van der Waals surface area contributed by atoms with Crippen LogP contribution in [0.4, 0.5) is 0 Å². The first-order valence-corrected chi connectivity index (χ1v) is 6.00. The van der Waals surface area contributed by atoms with Gasteiger partial charge in [-0.1, -0.05) is 0 Å². The van der Waals surface area contributed by atoms with Gasteiger partial charge in [-0.05, 0) is 0 Å². The molecule has 0 radical (unpaired) electrons. The van der Waals surface area contributed by atoms with Gasteiger partial charge in [0.15, 0.2) is 0 Å². The first-order valence-electron chi connectivity index (χ1n) is 0.894. The Hall–Kier alpha value is 1.69. The summed E-state index contributed by atoms with van der Waals surface area (Å²) in [5.74, 6) is 0. The average molecular weight is 258 g/mol. The van der Waals surface area contributed by atoms with Crippen LogP contribution in [0.15, 0.2) is 0 Å². The molecule has 0 aromatic rings. The summed E-state index contributed by atoms with van der Waals surface area (Å²) in [6, 6.07) is 0. The molecule has 0 heterocycles. The van der Waals surface area contributed by atoms with Gasteiger partial charge in [-0.15, -0.1) is 0 Å². The third-order valence-electron chi connectivity index (χ3n) is 0. The Balaban J connectivity index is -0.00000000667. The molecule has 0 aliphatic rings. The first kappa shape index (κ1) is 25.3. The molecule has 6 heavy (non-hydrogen) atoms. The minimum atomic E-state index is 0. The van der Waals surface area contributed by atoms with Gasteiger partial charge in [0.1, 0.15) is 0 Å². The van der Waals surface area contributed by atoms with E-state index in [1.807, 2.05) is 0 Å². The van der Waals surface area contributed by atoms with Crippen LogP contribution in [0, 0.1) is 0 Å². The quantitative estimate of drug-likeness (QED) is 0.379. The Morgan fingerprint density at radius 3 is 0.833 bits per heavy atom. The maximum Gasteiger partial charge on any atom is -1.00 e. The van der Waals surface area contributed by atoms with Crippen molar-refractivity contribution in [3.8, 4) is 0 Å². The molecule has 0 amide bonds. The van der Waals surface area contributed by atoms with Gasteiger partial charge in [-0.2, -0.15) is 0 Å². The predicted molar refractivity (Wildman–Crippen MR) is 17.5 cm³/mol. The van der Waals surface area contributed by atoms with E-state index in [4.69, 9.17) is 0 Å². The molecule has 0 unspecified atom stereocenters. The van der Waals surface area contributed by atoms with Crippen LogP contribution in [0.5, 0.6) is 0 Å². The fraction of sp³-hybridized carbons (Fsp3) is 1.00. The molecule has 0 aromatic carbocycles. The third kappa shape index (κ3) is 43.9. The number of rotatable bonds is 0. The monoisotopic (exact) mass is 256 g/mol. The van der Waals surface area contributed by atoms with Crippen molar-refractivity contribution in [1.82, 2.24) is 0 Å². The zero-order chi connectivity index (χ0) is 2.71. The Morgan fingerprint density at radius 1 is 0.833 bits per heavy atom. The van der Waals surface area contributed by atoms with E-state index in [-0.39, 0.29) is 37.2 Å². The zero-order valence-electron chi connectivity index (χ0n) is 3.58. The van der Waals surface area contributed by atoms with E-state index in [0.717, 1.165) is 0 Å². The van der Waals surface area contributed by atoms with Gasteiger partial charge >= 0.3 is 31.4 Å². The molecule has 0 atom stereocenters. The van der Waals surface area contributed by atoms with E-state index in [1.54, 1.807) is 0 Å². The molecular weight excluding hydrogens is 252 g/mol. The fourth-order valence-electron chi connectivity index (χ4n) is 0. The molecular formula is C2H6Cl3Sb. The van der Waals surface area contributed by atoms with E-state index in [1.165, 1.54) is 0 Å². The summed E-state index contributed by atoms with van der Waals surface area (Å²) in [6.07, 6.45) is 0. The summed E-state index contributed by atoms with van der Waals surface area (Å²) in [5, 5.41) is 0. The molecule has 0 spiro atoms. The van der Waals surface area contributed by atoms with Crippen molar-refractivity contribution in [3.63, 3.8) is 0 Å². The zero-order valence-corrected chi connectivity index (χ0v) is 8.40. The minimum Gasteiger partial charge on any atom is -1.00 e. The van der Waals surface area contributed by atoms with Gasteiger partial charge in [0.25, 0.3) is 0 Å². The van der Waals surface area contributed by atoms with Gasteiger partial charge in [0.2, 0.25) is 0 Å². The summed E-state index contributed by atoms with van der Waals surface area (Å²) >= 11 is 0.350. The van der Waals surface area contributed by atoms with Crippen LogP contribution in [-0.4, -0.2) is 21.6 Å². The third-order valence-corrected chi connectivity index (χ3v) is 0. The molecule has 0 bridgehead atoms. The molecule has 40 valence electrons. The second kappa shape index (κ2) is 29.9. The van der Waals surface area contributed by atoms with Crippen LogP contribution in [0.1, 0.15) is 0 Å². The smallest absolute Gasteiger partial charge is 1.00 e. The van der Waals surface area contributed by atoms with Crippen molar-refractivity contribution in [3.05, 3.63) is 0 Å². The van der Waals surface area contributed by atoms with Crippen LogP contribution in [0.2, 0.25) is 9.74 Å².